The molecule has 3 heterocycles. The van der Waals surface area contributed by atoms with Crippen LogP contribution in [0, 0.1) is 11.5 Å². The number of pyridine rings is 2. The van der Waals surface area contributed by atoms with Crippen LogP contribution in [0.4, 0.5) is 0 Å². The van der Waals surface area contributed by atoms with Crippen LogP contribution in [0.25, 0.3) is 22.2 Å². The average Bonchev–Trinajstić information content (AvgIpc) is 2.76. The fraction of sp³-hybridized carbons (Fsp3) is 0.440. The largest absolute Gasteiger partial charge is 0.295 e. The normalized spacial score (nSPS) is 12.5. The van der Waals surface area contributed by atoms with Crippen molar-refractivity contribution in [1.29, 1.82) is 0 Å². The van der Waals surface area contributed by atoms with Crippen molar-refractivity contribution >= 4 is 40.5 Å². The lowest BCUT2D eigenvalue weighted by Gasteiger charge is -2.38. The number of hydrogen-bond acceptors (Lipinski definition) is 6. The zero-order valence-corrected chi connectivity index (χ0v) is 23.9. The summed E-state index contributed by atoms with van der Waals surface area (Å²) in [4.78, 5) is 26.0. The van der Waals surface area contributed by atoms with Gasteiger partial charge in [-0.2, -0.15) is 4.98 Å². The molecule has 7 nitrogen and oxygen atoms in total. The van der Waals surface area contributed by atoms with Crippen molar-refractivity contribution in [2.75, 3.05) is 6.26 Å². The van der Waals surface area contributed by atoms with Gasteiger partial charge in [-0.25, -0.2) is 13.4 Å². The molecule has 0 fully saturated rings. The molecule has 0 amide bonds. The standard InChI is InChI=1S/C25H31ClN4O3SSi/c1-15(2)35(16(3)4,17(5)6)12-10-18-20-13-28-25(34(8,32)33)29-23(20)30(7)24(31)22(18)19-9-11-27-14-21(19)26/h9,11,13-17H,1-8H3. The summed E-state index contributed by atoms with van der Waals surface area (Å²) >= 11 is 6.47. The molecule has 0 aromatic carbocycles. The van der Waals surface area contributed by atoms with Gasteiger partial charge in [0, 0.05) is 43.0 Å². The fourth-order valence-corrected chi connectivity index (χ4v) is 11.0. The highest BCUT2D eigenvalue weighted by Crippen LogP contribution is 2.41. The molecule has 0 unspecified atom stereocenters. The second kappa shape index (κ2) is 9.84. The molecule has 0 bridgehead atoms. The van der Waals surface area contributed by atoms with E-state index in [-0.39, 0.29) is 16.4 Å². The van der Waals surface area contributed by atoms with E-state index in [0.717, 1.165) is 6.26 Å². The maximum Gasteiger partial charge on any atom is 0.261 e. The molecule has 0 aliphatic carbocycles. The number of rotatable bonds is 5. The lowest BCUT2D eigenvalue weighted by molar-refractivity contribution is 0.593. The molecule has 10 heteroatoms. The van der Waals surface area contributed by atoms with E-state index < -0.39 is 17.9 Å². The van der Waals surface area contributed by atoms with E-state index in [2.05, 4.69) is 68.0 Å². The van der Waals surface area contributed by atoms with Crippen molar-refractivity contribution in [3.63, 3.8) is 0 Å². The number of aryl methyl sites for hydroxylation is 1. The highest BCUT2D eigenvalue weighted by molar-refractivity contribution is 7.90. The minimum absolute atomic E-state index is 0.203. The van der Waals surface area contributed by atoms with Gasteiger partial charge in [-0.1, -0.05) is 59.1 Å². The Morgan fingerprint density at radius 1 is 1.06 bits per heavy atom. The Bertz CT molecular complexity index is 1500. The quantitative estimate of drug-likeness (QED) is 0.261. The zero-order chi connectivity index (χ0) is 26.3. The molecular formula is C25H31ClN4O3SSi. The third-order valence-electron chi connectivity index (χ3n) is 6.75. The Balaban J connectivity index is 2.55. The Hall–Kier alpha value is -2.54. The van der Waals surface area contributed by atoms with Gasteiger partial charge in [0.15, 0.2) is 0 Å². The molecule has 3 aromatic rings. The molecular weight excluding hydrogens is 500 g/mol. The molecule has 0 aliphatic heterocycles. The maximum atomic E-state index is 13.7. The summed E-state index contributed by atoms with van der Waals surface area (Å²) in [6.45, 7) is 13.3. The highest BCUT2D eigenvalue weighted by Gasteiger charge is 2.41. The number of sulfone groups is 1. The minimum Gasteiger partial charge on any atom is -0.295 e. The Kier molecular flexibility index (Phi) is 7.60. The number of fused-ring (bicyclic) bond motifs is 1. The zero-order valence-electron chi connectivity index (χ0n) is 21.3. The molecule has 0 spiro atoms. The van der Waals surface area contributed by atoms with Crippen molar-refractivity contribution < 1.29 is 8.42 Å². The summed E-state index contributed by atoms with van der Waals surface area (Å²) < 4.78 is 25.5. The van der Waals surface area contributed by atoms with Gasteiger partial charge in [0.25, 0.3) is 5.56 Å². The Labute approximate surface area is 212 Å². The SMILES string of the molecule is CC(C)[Si](C#Cc1c(-c2ccncc2Cl)c(=O)n(C)c2nc(S(C)(=O)=O)ncc12)(C(C)C)C(C)C. The molecule has 0 aliphatic rings. The van der Waals surface area contributed by atoms with Crippen LogP contribution in [-0.4, -0.2) is 42.3 Å². The van der Waals surface area contributed by atoms with Gasteiger partial charge < -0.3 is 0 Å². The van der Waals surface area contributed by atoms with Crippen molar-refractivity contribution in [3.05, 3.63) is 45.6 Å². The van der Waals surface area contributed by atoms with Crippen LogP contribution in [0.3, 0.4) is 0 Å². The van der Waals surface area contributed by atoms with Crippen LogP contribution in [0.5, 0.6) is 0 Å². The third-order valence-corrected chi connectivity index (χ3v) is 14.2. The fourth-order valence-electron chi connectivity index (χ4n) is 5.03. The van der Waals surface area contributed by atoms with Crippen molar-refractivity contribution in [2.24, 2.45) is 7.05 Å². The minimum atomic E-state index is -3.67. The van der Waals surface area contributed by atoms with Gasteiger partial charge in [0.05, 0.1) is 16.0 Å². The monoisotopic (exact) mass is 530 g/mol. The summed E-state index contributed by atoms with van der Waals surface area (Å²) in [6, 6.07) is 1.68. The molecule has 0 saturated heterocycles. The first kappa shape index (κ1) is 27.1. The number of nitrogens with zero attached hydrogens (tertiary/aromatic N) is 4. The first-order valence-corrected chi connectivity index (χ1v) is 16.0. The Morgan fingerprint density at radius 2 is 1.66 bits per heavy atom. The topological polar surface area (TPSA) is 94.8 Å². The van der Waals surface area contributed by atoms with Crippen LogP contribution in [0.2, 0.25) is 21.6 Å². The second-order valence-electron chi connectivity index (χ2n) is 9.78. The van der Waals surface area contributed by atoms with E-state index in [1.807, 2.05) is 0 Å². The summed E-state index contributed by atoms with van der Waals surface area (Å²) in [5.74, 6) is 3.38. The van der Waals surface area contributed by atoms with Gasteiger partial charge in [-0.3, -0.25) is 14.3 Å². The first-order chi connectivity index (χ1) is 16.2. The predicted octanol–water partition coefficient (Wildman–Crippen LogP) is 5.02. The van der Waals surface area contributed by atoms with Crippen LogP contribution in [0.1, 0.15) is 47.1 Å². The molecule has 3 aromatic heterocycles. The lowest BCUT2D eigenvalue weighted by Crippen LogP contribution is -2.43. The van der Waals surface area contributed by atoms with Crippen molar-refractivity contribution in [1.82, 2.24) is 19.5 Å². The van der Waals surface area contributed by atoms with E-state index in [1.54, 1.807) is 19.3 Å². The van der Waals surface area contributed by atoms with E-state index in [0.29, 0.717) is 43.7 Å². The van der Waals surface area contributed by atoms with E-state index in [1.165, 1.54) is 17.0 Å². The summed E-state index contributed by atoms with van der Waals surface area (Å²) in [5.41, 5.74) is 5.93. The molecule has 0 atom stereocenters. The second-order valence-corrected chi connectivity index (χ2v) is 17.7. The number of aromatic nitrogens is 4. The van der Waals surface area contributed by atoms with Crippen LogP contribution >= 0.6 is 11.6 Å². The van der Waals surface area contributed by atoms with Crippen LogP contribution < -0.4 is 5.56 Å². The van der Waals surface area contributed by atoms with Gasteiger partial charge >= 0.3 is 0 Å². The van der Waals surface area contributed by atoms with Gasteiger partial charge in [0.2, 0.25) is 15.0 Å². The number of halogens is 1. The molecule has 0 N–H and O–H groups in total. The molecule has 3 rings (SSSR count). The molecule has 0 saturated carbocycles. The Morgan fingerprint density at radius 3 is 2.17 bits per heavy atom. The smallest absolute Gasteiger partial charge is 0.261 e. The summed E-state index contributed by atoms with van der Waals surface area (Å²) in [7, 11) is -4.28. The van der Waals surface area contributed by atoms with Gasteiger partial charge in [-0.05, 0) is 22.7 Å². The summed E-state index contributed by atoms with van der Waals surface area (Å²) in [6.07, 6.45) is 5.52. The molecule has 186 valence electrons. The maximum absolute atomic E-state index is 13.7. The van der Waals surface area contributed by atoms with E-state index in [9.17, 15) is 13.2 Å². The predicted molar refractivity (Wildman–Crippen MR) is 144 cm³/mol. The highest BCUT2D eigenvalue weighted by atomic mass is 35.5. The molecule has 35 heavy (non-hydrogen) atoms. The third kappa shape index (κ3) is 4.79. The summed E-state index contributed by atoms with van der Waals surface area (Å²) in [5, 5.41) is 0.471. The lowest BCUT2D eigenvalue weighted by atomic mass is 10.00. The van der Waals surface area contributed by atoms with Crippen LogP contribution in [0.15, 0.2) is 34.6 Å². The number of hydrogen-bond donors (Lipinski definition) is 0. The first-order valence-electron chi connectivity index (χ1n) is 11.5. The van der Waals surface area contributed by atoms with Crippen LogP contribution in [-0.2, 0) is 16.9 Å². The van der Waals surface area contributed by atoms with Crippen molar-refractivity contribution in [3.8, 4) is 22.6 Å². The van der Waals surface area contributed by atoms with Gasteiger partial charge in [0.1, 0.15) is 13.7 Å². The van der Waals surface area contributed by atoms with Crippen molar-refractivity contribution in [2.45, 2.75) is 63.3 Å². The van der Waals surface area contributed by atoms with E-state index in [4.69, 9.17) is 11.6 Å². The van der Waals surface area contributed by atoms with E-state index >= 15 is 0 Å². The molecule has 0 radical (unpaired) electrons. The van der Waals surface area contributed by atoms with Gasteiger partial charge in [-0.15, -0.1) is 5.54 Å². The average molecular weight is 531 g/mol.